The van der Waals surface area contributed by atoms with Crippen molar-refractivity contribution >= 4 is 33.1 Å². The Kier molecular flexibility index (Phi) is 4.29. The highest BCUT2D eigenvalue weighted by atomic mass is 79.9. The highest BCUT2D eigenvalue weighted by Gasteiger charge is 2.11. The molecule has 1 N–H and O–H groups in total. The van der Waals surface area contributed by atoms with Crippen molar-refractivity contribution in [3.05, 3.63) is 32.6 Å². The summed E-state index contributed by atoms with van der Waals surface area (Å²) in [4.78, 5) is 14.3. The zero-order valence-electron chi connectivity index (χ0n) is 10.6. The van der Waals surface area contributed by atoms with Crippen molar-refractivity contribution in [1.29, 1.82) is 0 Å². The van der Waals surface area contributed by atoms with Gasteiger partial charge in [-0.3, -0.25) is 0 Å². The summed E-state index contributed by atoms with van der Waals surface area (Å²) in [5.41, 5.74) is 0. The molecule has 0 aliphatic carbocycles. The average Bonchev–Trinajstić information content (AvgIpc) is 2.75. The molecule has 4 nitrogen and oxygen atoms in total. The number of nitrogens with zero attached hydrogens (tertiary/aromatic N) is 3. The molecule has 96 valence electrons. The molecular weight excluding hydrogens is 312 g/mol. The summed E-state index contributed by atoms with van der Waals surface area (Å²) >= 11 is 5.11. The molecule has 2 heterocycles. The number of thiazole rings is 1. The van der Waals surface area contributed by atoms with Crippen LogP contribution >= 0.6 is 27.3 Å². The third-order valence-corrected chi connectivity index (χ3v) is 4.19. The first-order valence-corrected chi connectivity index (χ1v) is 7.41. The van der Waals surface area contributed by atoms with Gasteiger partial charge in [0.1, 0.15) is 21.3 Å². The van der Waals surface area contributed by atoms with Crippen molar-refractivity contribution in [2.24, 2.45) is 0 Å². The Labute approximate surface area is 119 Å². The molecule has 0 radical (unpaired) electrons. The molecule has 18 heavy (non-hydrogen) atoms. The molecule has 2 rings (SSSR count). The quantitative estimate of drug-likeness (QED) is 0.869. The fourth-order valence-electron chi connectivity index (χ4n) is 1.58. The van der Waals surface area contributed by atoms with Gasteiger partial charge in [-0.25, -0.2) is 15.0 Å². The van der Waals surface area contributed by atoms with E-state index in [0.717, 1.165) is 27.7 Å². The first-order chi connectivity index (χ1) is 8.58. The molecule has 2 aromatic rings. The second kappa shape index (κ2) is 5.75. The number of nitrogens with one attached hydrogen (secondary N) is 1. The predicted molar refractivity (Wildman–Crippen MR) is 78.0 cm³/mol. The van der Waals surface area contributed by atoms with Gasteiger partial charge in [0.05, 0.1) is 6.04 Å². The van der Waals surface area contributed by atoms with E-state index in [2.05, 4.69) is 50.0 Å². The molecule has 0 aliphatic heterocycles. The van der Waals surface area contributed by atoms with E-state index in [1.165, 1.54) is 4.88 Å². The van der Waals surface area contributed by atoms with Crippen molar-refractivity contribution in [3.8, 4) is 0 Å². The van der Waals surface area contributed by atoms with E-state index in [1.54, 1.807) is 11.3 Å². The van der Waals surface area contributed by atoms with Crippen molar-refractivity contribution in [2.45, 2.75) is 33.2 Å². The van der Waals surface area contributed by atoms with Gasteiger partial charge in [-0.15, -0.1) is 11.3 Å². The van der Waals surface area contributed by atoms with E-state index in [-0.39, 0.29) is 6.04 Å². The second-order valence-electron chi connectivity index (χ2n) is 4.01. The summed E-state index contributed by atoms with van der Waals surface area (Å²) in [6.45, 7) is 6.10. The molecule has 0 aliphatic rings. The van der Waals surface area contributed by atoms with Crippen LogP contribution < -0.4 is 5.32 Å². The standard InChI is InChI=1S/C12H15BrN4S/c1-4-9-6-14-12(18-9)7(2)15-11-5-10(13)16-8(3)17-11/h5-7H,4H2,1-3H3,(H,15,16,17). The van der Waals surface area contributed by atoms with Crippen LogP contribution in [-0.4, -0.2) is 15.0 Å². The van der Waals surface area contributed by atoms with Crippen molar-refractivity contribution in [1.82, 2.24) is 15.0 Å². The molecule has 0 saturated heterocycles. The van der Waals surface area contributed by atoms with E-state index < -0.39 is 0 Å². The van der Waals surface area contributed by atoms with E-state index in [1.807, 2.05) is 19.2 Å². The van der Waals surface area contributed by atoms with Crippen LogP contribution in [0.15, 0.2) is 16.9 Å². The Morgan fingerprint density at radius 2 is 2.22 bits per heavy atom. The van der Waals surface area contributed by atoms with Crippen molar-refractivity contribution in [2.75, 3.05) is 5.32 Å². The zero-order valence-corrected chi connectivity index (χ0v) is 13.0. The number of hydrogen-bond acceptors (Lipinski definition) is 5. The Morgan fingerprint density at radius 3 is 2.83 bits per heavy atom. The van der Waals surface area contributed by atoms with E-state index in [0.29, 0.717) is 0 Å². The summed E-state index contributed by atoms with van der Waals surface area (Å²) in [5.74, 6) is 1.56. The minimum Gasteiger partial charge on any atom is -0.361 e. The molecular formula is C12H15BrN4S. The average molecular weight is 327 g/mol. The Bertz CT molecular complexity index is 520. The third-order valence-electron chi connectivity index (χ3n) is 2.46. The van der Waals surface area contributed by atoms with Gasteiger partial charge in [0.2, 0.25) is 0 Å². The van der Waals surface area contributed by atoms with Crippen LogP contribution in [0.1, 0.15) is 35.6 Å². The van der Waals surface area contributed by atoms with Gasteiger partial charge in [0, 0.05) is 17.1 Å². The number of halogens is 1. The maximum absolute atomic E-state index is 4.43. The maximum Gasteiger partial charge on any atom is 0.131 e. The lowest BCUT2D eigenvalue weighted by Gasteiger charge is -2.12. The fourth-order valence-corrected chi connectivity index (χ4v) is 2.91. The topological polar surface area (TPSA) is 50.7 Å². The van der Waals surface area contributed by atoms with Gasteiger partial charge in [-0.2, -0.15) is 0 Å². The molecule has 0 bridgehead atoms. The van der Waals surface area contributed by atoms with Crippen molar-refractivity contribution in [3.63, 3.8) is 0 Å². The van der Waals surface area contributed by atoms with Gasteiger partial charge < -0.3 is 5.32 Å². The summed E-state index contributed by atoms with van der Waals surface area (Å²) in [6, 6.07) is 2.02. The Hall–Kier alpha value is -1.01. The molecule has 6 heteroatoms. The van der Waals surface area contributed by atoms with Crippen LogP contribution in [0.4, 0.5) is 5.82 Å². The predicted octanol–water partition coefficient (Wildman–Crippen LogP) is 3.74. The summed E-state index contributed by atoms with van der Waals surface area (Å²) in [7, 11) is 0. The lowest BCUT2D eigenvalue weighted by Crippen LogP contribution is -2.08. The first kappa shape index (κ1) is 13.4. The molecule has 0 spiro atoms. The molecule has 0 fully saturated rings. The number of aryl methyl sites for hydroxylation is 2. The van der Waals surface area contributed by atoms with Gasteiger partial charge in [-0.1, -0.05) is 6.92 Å². The number of aromatic nitrogens is 3. The van der Waals surface area contributed by atoms with Gasteiger partial charge in [0.25, 0.3) is 0 Å². The van der Waals surface area contributed by atoms with Crippen LogP contribution in [0.25, 0.3) is 0 Å². The lowest BCUT2D eigenvalue weighted by molar-refractivity contribution is 0.853. The largest absolute Gasteiger partial charge is 0.361 e. The van der Waals surface area contributed by atoms with Gasteiger partial charge in [0.15, 0.2) is 0 Å². The monoisotopic (exact) mass is 326 g/mol. The molecule has 0 aromatic carbocycles. The smallest absolute Gasteiger partial charge is 0.131 e. The van der Waals surface area contributed by atoms with Crippen LogP contribution in [0.5, 0.6) is 0 Å². The van der Waals surface area contributed by atoms with Crippen molar-refractivity contribution < 1.29 is 0 Å². The molecule has 2 aromatic heterocycles. The van der Waals surface area contributed by atoms with Crippen LogP contribution in [-0.2, 0) is 6.42 Å². The van der Waals surface area contributed by atoms with E-state index in [9.17, 15) is 0 Å². The Morgan fingerprint density at radius 1 is 1.44 bits per heavy atom. The second-order valence-corrected chi connectivity index (χ2v) is 5.97. The highest BCUT2D eigenvalue weighted by Crippen LogP contribution is 2.24. The molecule has 0 saturated carbocycles. The first-order valence-electron chi connectivity index (χ1n) is 5.80. The van der Waals surface area contributed by atoms with Crippen LogP contribution in [0.2, 0.25) is 0 Å². The Balaban J connectivity index is 2.12. The zero-order chi connectivity index (χ0) is 13.1. The van der Waals surface area contributed by atoms with Crippen LogP contribution in [0.3, 0.4) is 0 Å². The SMILES string of the molecule is CCc1cnc(C(C)Nc2cc(Br)nc(C)n2)s1. The maximum atomic E-state index is 4.43. The normalized spacial score (nSPS) is 12.4. The summed E-state index contributed by atoms with van der Waals surface area (Å²) in [6.07, 6.45) is 2.97. The minimum absolute atomic E-state index is 0.150. The van der Waals surface area contributed by atoms with Gasteiger partial charge in [-0.05, 0) is 36.2 Å². The summed E-state index contributed by atoms with van der Waals surface area (Å²) < 4.78 is 0.790. The summed E-state index contributed by atoms with van der Waals surface area (Å²) in [5, 5.41) is 4.43. The fraction of sp³-hybridized carbons (Fsp3) is 0.417. The lowest BCUT2D eigenvalue weighted by atomic mass is 10.3. The number of hydrogen-bond donors (Lipinski definition) is 1. The van der Waals surface area contributed by atoms with Crippen LogP contribution in [0, 0.1) is 6.92 Å². The molecule has 1 unspecified atom stereocenters. The third kappa shape index (κ3) is 3.26. The molecule has 1 atom stereocenters. The van der Waals surface area contributed by atoms with E-state index >= 15 is 0 Å². The highest BCUT2D eigenvalue weighted by molar-refractivity contribution is 9.10. The minimum atomic E-state index is 0.150. The number of anilines is 1. The van der Waals surface area contributed by atoms with E-state index in [4.69, 9.17) is 0 Å². The van der Waals surface area contributed by atoms with Gasteiger partial charge >= 0.3 is 0 Å². The number of rotatable bonds is 4. The molecule has 0 amide bonds.